The highest BCUT2D eigenvalue weighted by molar-refractivity contribution is 4.89. The van der Waals surface area contributed by atoms with Gasteiger partial charge in [-0.05, 0) is 31.7 Å². The van der Waals surface area contributed by atoms with Crippen molar-refractivity contribution in [2.24, 2.45) is 13.0 Å². The summed E-state index contributed by atoms with van der Waals surface area (Å²) in [5.74, 6) is 2.07. The fourth-order valence-corrected chi connectivity index (χ4v) is 3.26. The number of hydrogen-bond acceptors (Lipinski definition) is 3. The molecule has 1 aromatic heterocycles. The van der Waals surface area contributed by atoms with Gasteiger partial charge in [-0.2, -0.15) is 5.10 Å². The molecule has 1 unspecified atom stereocenters. The van der Waals surface area contributed by atoms with Crippen LogP contribution in [0.5, 0.6) is 0 Å². The summed E-state index contributed by atoms with van der Waals surface area (Å²) in [6, 6.07) is 0.555. The van der Waals surface area contributed by atoms with Gasteiger partial charge in [0.2, 0.25) is 0 Å². The number of nitrogens with one attached hydrogen (secondary N) is 1. The van der Waals surface area contributed by atoms with E-state index in [0.717, 1.165) is 24.7 Å². The minimum atomic E-state index is 0.555. The van der Waals surface area contributed by atoms with Gasteiger partial charge in [0.05, 0.1) is 0 Å². The van der Waals surface area contributed by atoms with E-state index in [2.05, 4.69) is 22.3 Å². The predicted octanol–water partition coefficient (Wildman–Crippen LogP) is 3.09. The van der Waals surface area contributed by atoms with Gasteiger partial charge in [-0.25, -0.2) is 4.98 Å². The number of aromatic nitrogens is 3. The fourth-order valence-electron chi connectivity index (χ4n) is 3.26. The molecule has 1 heterocycles. The summed E-state index contributed by atoms with van der Waals surface area (Å²) < 4.78 is 1.90. The Bertz CT molecular complexity index is 368. The maximum absolute atomic E-state index is 4.37. The monoisotopic (exact) mass is 278 g/mol. The summed E-state index contributed by atoms with van der Waals surface area (Å²) in [7, 11) is 1.99. The minimum absolute atomic E-state index is 0.555. The molecule has 20 heavy (non-hydrogen) atoms. The molecule has 1 atom stereocenters. The second-order valence-corrected chi connectivity index (χ2v) is 6.24. The van der Waals surface area contributed by atoms with E-state index in [1.807, 2.05) is 11.7 Å². The lowest BCUT2D eigenvalue weighted by Crippen LogP contribution is -2.33. The molecule has 0 bridgehead atoms. The summed E-state index contributed by atoms with van der Waals surface area (Å²) in [4.78, 5) is 4.37. The van der Waals surface area contributed by atoms with Crippen molar-refractivity contribution in [2.75, 3.05) is 6.54 Å². The Morgan fingerprint density at radius 1 is 1.35 bits per heavy atom. The normalized spacial score (nSPS) is 18.3. The van der Waals surface area contributed by atoms with Gasteiger partial charge < -0.3 is 5.32 Å². The van der Waals surface area contributed by atoms with Crippen LogP contribution in [-0.2, 0) is 13.5 Å². The molecule has 2 rings (SSSR count). The lowest BCUT2D eigenvalue weighted by molar-refractivity contribution is 0.310. The molecule has 1 aliphatic carbocycles. The zero-order chi connectivity index (χ0) is 14.2. The first-order valence-corrected chi connectivity index (χ1v) is 8.35. The van der Waals surface area contributed by atoms with Crippen molar-refractivity contribution in [3.8, 4) is 0 Å². The molecule has 4 nitrogen and oxygen atoms in total. The fraction of sp³-hybridized carbons (Fsp3) is 0.875. The zero-order valence-electron chi connectivity index (χ0n) is 13.1. The van der Waals surface area contributed by atoms with E-state index in [1.54, 1.807) is 6.33 Å². The Morgan fingerprint density at radius 2 is 2.15 bits per heavy atom. The minimum Gasteiger partial charge on any atom is -0.314 e. The number of rotatable bonds is 8. The van der Waals surface area contributed by atoms with Gasteiger partial charge in [-0.3, -0.25) is 4.68 Å². The molecular formula is C16H30N4. The van der Waals surface area contributed by atoms with Gasteiger partial charge in [0.1, 0.15) is 12.2 Å². The molecule has 0 spiro atoms. The Morgan fingerprint density at radius 3 is 2.80 bits per heavy atom. The van der Waals surface area contributed by atoms with Crippen LogP contribution in [-0.4, -0.2) is 27.4 Å². The maximum Gasteiger partial charge on any atom is 0.138 e. The standard InChI is InChI=1S/C16H30N4/c1-3-11-17-15(12-16-18-13-19-20(16)2)10-9-14-7-5-4-6-8-14/h13-15,17H,3-12H2,1-2H3. The third-order valence-corrected chi connectivity index (χ3v) is 4.57. The summed E-state index contributed by atoms with van der Waals surface area (Å²) in [5.41, 5.74) is 0. The first-order chi connectivity index (χ1) is 9.79. The van der Waals surface area contributed by atoms with Crippen LogP contribution < -0.4 is 5.32 Å². The Labute approximate surface area is 123 Å². The SMILES string of the molecule is CCCNC(CCC1CCCCC1)Cc1ncnn1C. The van der Waals surface area contributed by atoms with Crippen LogP contribution in [0.2, 0.25) is 0 Å². The van der Waals surface area contributed by atoms with E-state index >= 15 is 0 Å². The highest BCUT2D eigenvalue weighted by atomic mass is 15.3. The lowest BCUT2D eigenvalue weighted by Gasteiger charge is -2.24. The zero-order valence-corrected chi connectivity index (χ0v) is 13.1. The van der Waals surface area contributed by atoms with Crippen molar-refractivity contribution >= 4 is 0 Å². The molecule has 0 amide bonds. The molecule has 1 fully saturated rings. The van der Waals surface area contributed by atoms with Crippen LogP contribution in [0.3, 0.4) is 0 Å². The van der Waals surface area contributed by atoms with Crippen LogP contribution >= 0.6 is 0 Å². The van der Waals surface area contributed by atoms with E-state index in [-0.39, 0.29) is 0 Å². The predicted molar refractivity (Wildman–Crippen MR) is 82.6 cm³/mol. The van der Waals surface area contributed by atoms with Gasteiger partial charge >= 0.3 is 0 Å². The number of nitrogens with zero attached hydrogens (tertiary/aromatic N) is 3. The van der Waals surface area contributed by atoms with E-state index in [4.69, 9.17) is 0 Å². The van der Waals surface area contributed by atoms with Crippen LogP contribution in [0, 0.1) is 5.92 Å². The van der Waals surface area contributed by atoms with Gasteiger partial charge in [0, 0.05) is 19.5 Å². The van der Waals surface area contributed by atoms with Gasteiger partial charge in [-0.1, -0.05) is 39.0 Å². The largest absolute Gasteiger partial charge is 0.314 e. The third kappa shape index (κ3) is 4.89. The molecule has 0 aromatic carbocycles. The summed E-state index contributed by atoms with van der Waals surface area (Å²) >= 11 is 0. The highest BCUT2D eigenvalue weighted by Crippen LogP contribution is 2.28. The average Bonchev–Trinajstić information content (AvgIpc) is 2.88. The van der Waals surface area contributed by atoms with Crippen molar-refractivity contribution in [2.45, 2.75) is 70.8 Å². The summed E-state index contributed by atoms with van der Waals surface area (Å²) in [5, 5.41) is 7.87. The van der Waals surface area contributed by atoms with E-state index in [1.165, 1.54) is 51.4 Å². The molecule has 1 saturated carbocycles. The first kappa shape index (κ1) is 15.5. The van der Waals surface area contributed by atoms with E-state index < -0.39 is 0 Å². The summed E-state index contributed by atoms with van der Waals surface area (Å²) in [6.07, 6.45) is 13.7. The smallest absolute Gasteiger partial charge is 0.138 e. The van der Waals surface area contributed by atoms with Gasteiger partial charge in [-0.15, -0.1) is 0 Å². The number of hydrogen-bond donors (Lipinski definition) is 1. The second-order valence-electron chi connectivity index (χ2n) is 6.24. The Hall–Kier alpha value is -0.900. The topological polar surface area (TPSA) is 42.7 Å². The van der Waals surface area contributed by atoms with E-state index in [0.29, 0.717) is 6.04 Å². The average molecular weight is 278 g/mol. The second kappa shape index (κ2) is 8.40. The quantitative estimate of drug-likeness (QED) is 0.794. The molecule has 1 N–H and O–H groups in total. The molecular weight excluding hydrogens is 248 g/mol. The van der Waals surface area contributed by atoms with Crippen molar-refractivity contribution < 1.29 is 0 Å². The van der Waals surface area contributed by atoms with Crippen molar-refractivity contribution in [1.82, 2.24) is 20.1 Å². The van der Waals surface area contributed by atoms with Crippen molar-refractivity contribution in [1.29, 1.82) is 0 Å². The van der Waals surface area contributed by atoms with Gasteiger partial charge in [0.15, 0.2) is 0 Å². The van der Waals surface area contributed by atoms with Crippen molar-refractivity contribution in [3.05, 3.63) is 12.2 Å². The maximum atomic E-state index is 4.37. The molecule has 0 radical (unpaired) electrons. The van der Waals surface area contributed by atoms with Gasteiger partial charge in [0.25, 0.3) is 0 Å². The molecule has 0 saturated heterocycles. The third-order valence-electron chi connectivity index (χ3n) is 4.57. The molecule has 114 valence electrons. The molecule has 1 aliphatic rings. The first-order valence-electron chi connectivity index (χ1n) is 8.35. The summed E-state index contributed by atoms with van der Waals surface area (Å²) in [6.45, 7) is 3.33. The molecule has 0 aliphatic heterocycles. The number of aryl methyl sites for hydroxylation is 1. The molecule has 1 aromatic rings. The van der Waals surface area contributed by atoms with Crippen molar-refractivity contribution in [3.63, 3.8) is 0 Å². The van der Waals surface area contributed by atoms with Crippen LogP contribution in [0.25, 0.3) is 0 Å². The van der Waals surface area contributed by atoms with Crippen LogP contribution in [0.15, 0.2) is 6.33 Å². The van der Waals surface area contributed by atoms with Crippen LogP contribution in [0.4, 0.5) is 0 Å². The van der Waals surface area contributed by atoms with E-state index in [9.17, 15) is 0 Å². The van der Waals surface area contributed by atoms with Crippen LogP contribution in [0.1, 0.15) is 64.1 Å². The highest BCUT2D eigenvalue weighted by Gasteiger charge is 2.17. The Balaban J connectivity index is 1.81. The lowest BCUT2D eigenvalue weighted by atomic mass is 9.85. The molecule has 4 heteroatoms. The Kier molecular flexibility index (Phi) is 6.51.